The lowest BCUT2D eigenvalue weighted by Gasteiger charge is -2.64. The van der Waals surface area contributed by atoms with E-state index in [0.717, 1.165) is 44.0 Å². The molecule has 7 aliphatic rings. The van der Waals surface area contributed by atoms with Gasteiger partial charge in [-0.25, -0.2) is 4.79 Å². The molecule has 38 heavy (non-hydrogen) atoms. The molecule has 0 unspecified atom stereocenters. The molecule has 210 valence electrons. The summed E-state index contributed by atoms with van der Waals surface area (Å²) in [4.78, 5) is 24.9. The summed E-state index contributed by atoms with van der Waals surface area (Å²) in [6, 6.07) is 0. The first-order chi connectivity index (χ1) is 18.0. The van der Waals surface area contributed by atoms with E-state index in [2.05, 4.69) is 6.92 Å². The van der Waals surface area contributed by atoms with Crippen molar-refractivity contribution in [1.29, 1.82) is 0 Å². The standard InChI is InChI=1S/C29H40O9/c1-15-9-23(31)29(34)25(36-15)37-21-11-17-3-4-20-19(27(17,14-30)12-22(21)38-29)5-7-26(2)18(6-8-28(20,26)33)16-10-24(32)35-13-16/h10,14-15,17-23,25,31,33-34H,3-9,11-13H2,1-2H3/t15-,17+,18+,19+,20-,21-,22-,23+,25-,26-,27-,28+,29+/m1/s1. The molecule has 0 radical (unpaired) electrons. The SMILES string of the molecule is C[C@@H]1C[C@H](O)[C@]2(O)O[C@@H]3C[C@@]4(C=O)[C@@H](CC[C@@H]5[C@@H]4CC[C@]4(C)[C@H](C6=CC(=O)OC6)CC[C@]54O)C[C@H]3O[C@H]2O1. The molecule has 0 aromatic carbocycles. The van der Waals surface area contributed by atoms with Gasteiger partial charge >= 0.3 is 5.97 Å². The minimum absolute atomic E-state index is 0.00418. The van der Waals surface area contributed by atoms with Crippen molar-refractivity contribution in [3.8, 4) is 0 Å². The van der Waals surface area contributed by atoms with Crippen LogP contribution >= 0.6 is 0 Å². The number of rotatable bonds is 2. The van der Waals surface area contributed by atoms with Crippen LogP contribution < -0.4 is 0 Å². The molecule has 9 heteroatoms. The molecule has 3 N–H and O–H groups in total. The number of hydrogen-bond acceptors (Lipinski definition) is 9. The molecule has 13 atom stereocenters. The second-order valence-electron chi connectivity index (χ2n) is 13.6. The third kappa shape index (κ3) is 3.20. The van der Waals surface area contributed by atoms with Gasteiger partial charge in [0.15, 0.2) is 0 Å². The fraction of sp³-hybridized carbons (Fsp3) is 0.862. The molecular formula is C29H40O9. The smallest absolute Gasteiger partial charge is 0.331 e. The maximum Gasteiger partial charge on any atom is 0.331 e. The van der Waals surface area contributed by atoms with Crippen molar-refractivity contribution in [2.45, 2.75) is 114 Å². The summed E-state index contributed by atoms with van der Waals surface area (Å²) >= 11 is 0. The van der Waals surface area contributed by atoms with Crippen LogP contribution in [-0.4, -0.2) is 76.3 Å². The summed E-state index contributed by atoms with van der Waals surface area (Å²) in [6.45, 7) is 4.31. The molecule has 3 heterocycles. The average molecular weight is 533 g/mol. The van der Waals surface area contributed by atoms with Crippen molar-refractivity contribution in [1.82, 2.24) is 0 Å². The first-order valence-corrected chi connectivity index (χ1v) is 14.5. The predicted molar refractivity (Wildman–Crippen MR) is 131 cm³/mol. The Bertz CT molecular complexity index is 1060. The molecule has 2 saturated heterocycles. The second-order valence-corrected chi connectivity index (χ2v) is 13.6. The summed E-state index contributed by atoms with van der Waals surface area (Å²) in [5, 5.41) is 34.4. The monoisotopic (exact) mass is 532 g/mol. The Morgan fingerprint density at radius 3 is 2.58 bits per heavy atom. The Labute approximate surface area is 222 Å². The van der Waals surface area contributed by atoms with Gasteiger partial charge in [-0.3, -0.25) is 0 Å². The minimum Gasteiger partial charge on any atom is -0.458 e. The van der Waals surface area contributed by atoms with E-state index < -0.39 is 35.3 Å². The number of ether oxygens (including phenoxy) is 4. The number of aliphatic hydroxyl groups excluding tert-OH is 1. The van der Waals surface area contributed by atoms with Gasteiger partial charge in [-0.05, 0) is 87.5 Å². The number of carbonyl (C=O) groups excluding carboxylic acids is 2. The molecule has 9 nitrogen and oxygen atoms in total. The molecule has 7 rings (SSSR count). The first-order valence-electron chi connectivity index (χ1n) is 14.5. The summed E-state index contributed by atoms with van der Waals surface area (Å²) in [5.74, 6) is -2.11. The number of esters is 1. The Balaban J connectivity index is 1.18. The zero-order valence-electron chi connectivity index (χ0n) is 22.2. The third-order valence-electron chi connectivity index (χ3n) is 12.1. The highest BCUT2D eigenvalue weighted by molar-refractivity contribution is 5.85. The van der Waals surface area contributed by atoms with Crippen LogP contribution in [0.3, 0.4) is 0 Å². The van der Waals surface area contributed by atoms with E-state index in [1.165, 1.54) is 0 Å². The molecule has 0 bridgehead atoms. The lowest BCUT2D eigenvalue weighted by Crippen LogP contribution is -2.71. The fourth-order valence-electron chi connectivity index (χ4n) is 10.2. The predicted octanol–water partition coefficient (Wildman–Crippen LogP) is 2.00. The number of carbonyl (C=O) groups is 2. The van der Waals surface area contributed by atoms with E-state index in [1.54, 1.807) is 6.08 Å². The highest BCUT2D eigenvalue weighted by Gasteiger charge is 2.70. The molecule has 0 aromatic rings. The lowest BCUT2D eigenvalue weighted by atomic mass is 9.42. The normalized spacial score (nSPS) is 57.4. The number of aliphatic hydroxyl groups is 3. The molecule has 0 amide bonds. The highest BCUT2D eigenvalue weighted by atomic mass is 16.8. The fourth-order valence-corrected chi connectivity index (χ4v) is 10.2. The number of fused-ring (bicyclic) bond motifs is 7. The van der Waals surface area contributed by atoms with E-state index in [-0.39, 0.29) is 53.7 Å². The van der Waals surface area contributed by atoms with Crippen LogP contribution in [-0.2, 0) is 28.5 Å². The van der Waals surface area contributed by atoms with Crippen molar-refractivity contribution in [3.05, 3.63) is 11.6 Å². The number of cyclic esters (lactones) is 1. The maximum atomic E-state index is 13.1. The molecule has 6 fully saturated rings. The zero-order chi connectivity index (χ0) is 26.7. The van der Waals surface area contributed by atoms with Crippen LogP contribution in [0.5, 0.6) is 0 Å². The van der Waals surface area contributed by atoms with Crippen LogP contribution in [0, 0.1) is 34.5 Å². The van der Waals surface area contributed by atoms with E-state index in [4.69, 9.17) is 18.9 Å². The topological polar surface area (TPSA) is 132 Å². The Morgan fingerprint density at radius 1 is 1.03 bits per heavy atom. The van der Waals surface area contributed by atoms with Crippen LogP contribution in [0.25, 0.3) is 0 Å². The van der Waals surface area contributed by atoms with Gasteiger partial charge < -0.3 is 39.1 Å². The molecule has 4 aliphatic carbocycles. The Morgan fingerprint density at radius 2 is 1.84 bits per heavy atom. The molecular weight excluding hydrogens is 492 g/mol. The quantitative estimate of drug-likeness (QED) is 0.278. The van der Waals surface area contributed by atoms with Crippen molar-refractivity contribution in [3.63, 3.8) is 0 Å². The summed E-state index contributed by atoms with van der Waals surface area (Å²) < 4.78 is 23.5. The van der Waals surface area contributed by atoms with E-state index in [9.17, 15) is 24.9 Å². The van der Waals surface area contributed by atoms with Crippen LogP contribution in [0.15, 0.2) is 11.6 Å². The van der Waals surface area contributed by atoms with Gasteiger partial charge in [-0.1, -0.05) is 6.92 Å². The third-order valence-corrected chi connectivity index (χ3v) is 12.1. The summed E-state index contributed by atoms with van der Waals surface area (Å²) in [5.41, 5.74) is -1.01. The average Bonchev–Trinajstić information content (AvgIpc) is 3.42. The number of hydrogen-bond donors (Lipinski definition) is 3. The van der Waals surface area contributed by atoms with Crippen molar-refractivity contribution in [2.75, 3.05) is 6.61 Å². The van der Waals surface area contributed by atoms with Gasteiger partial charge in [-0.2, -0.15) is 0 Å². The summed E-state index contributed by atoms with van der Waals surface area (Å²) in [7, 11) is 0. The largest absolute Gasteiger partial charge is 0.458 e. The molecule has 0 spiro atoms. The van der Waals surface area contributed by atoms with Crippen LogP contribution in [0.1, 0.15) is 71.6 Å². The van der Waals surface area contributed by atoms with Gasteiger partial charge in [0, 0.05) is 23.3 Å². The molecule has 3 aliphatic heterocycles. The molecule has 4 saturated carbocycles. The van der Waals surface area contributed by atoms with Gasteiger partial charge in [0.2, 0.25) is 12.1 Å². The van der Waals surface area contributed by atoms with E-state index >= 15 is 0 Å². The van der Waals surface area contributed by atoms with Crippen molar-refractivity contribution < 1.29 is 43.9 Å². The Kier molecular flexibility index (Phi) is 5.61. The van der Waals surface area contributed by atoms with E-state index in [0.29, 0.717) is 25.9 Å². The van der Waals surface area contributed by atoms with Crippen LogP contribution in [0.2, 0.25) is 0 Å². The zero-order valence-corrected chi connectivity index (χ0v) is 22.2. The lowest BCUT2D eigenvalue weighted by molar-refractivity contribution is -0.457. The van der Waals surface area contributed by atoms with Crippen molar-refractivity contribution in [2.24, 2.45) is 34.5 Å². The van der Waals surface area contributed by atoms with Crippen LogP contribution in [0.4, 0.5) is 0 Å². The summed E-state index contributed by atoms with van der Waals surface area (Å²) in [6.07, 6.45) is 5.34. The minimum atomic E-state index is -1.96. The van der Waals surface area contributed by atoms with Gasteiger partial charge in [0.05, 0.1) is 23.9 Å². The number of aldehydes is 1. The first kappa shape index (κ1) is 25.6. The van der Waals surface area contributed by atoms with Gasteiger partial charge in [0.25, 0.3) is 0 Å². The van der Waals surface area contributed by atoms with E-state index in [1.807, 2.05) is 6.92 Å². The van der Waals surface area contributed by atoms with Crippen molar-refractivity contribution >= 4 is 12.3 Å². The van der Waals surface area contributed by atoms with Gasteiger partial charge in [0.1, 0.15) is 19.0 Å². The Hall–Kier alpha value is -1.36. The second kappa shape index (κ2) is 8.33. The van der Waals surface area contributed by atoms with Gasteiger partial charge in [-0.15, -0.1) is 0 Å². The maximum absolute atomic E-state index is 13.1. The highest BCUT2D eigenvalue weighted by Crippen LogP contribution is 2.70. The molecule has 0 aromatic heterocycles.